The molecular formula is C14H11BrF3N5O. The normalized spacial score (nSPS) is 11.8. The van der Waals surface area contributed by atoms with E-state index in [-0.39, 0.29) is 16.8 Å². The topological polar surface area (TPSA) is 64.7 Å². The van der Waals surface area contributed by atoms with Crippen molar-refractivity contribution in [2.45, 2.75) is 19.3 Å². The lowest BCUT2D eigenvalue weighted by molar-refractivity contribution is -0.142. The lowest BCUT2D eigenvalue weighted by Gasteiger charge is -2.06. The standard InChI is InChI=1S/C14H11BrF3N5O/c15-10-6-22(8-14(16,17)18)21-13(10)20-12(24)7-23-11-4-2-1-3-9(11)5-19-23/h1-6H,7-8H2,(H,20,21,24). The summed E-state index contributed by atoms with van der Waals surface area (Å²) in [4.78, 5) is 12.1. The number of para-hydroxylation sites is 1. The molecule has 3 rings (SSSR count). The van der Waals surface area contributed by atoms with Gasteiger partial charge in [0.1, 0.15) is 13.1 Å². The first-order valence-corrected chi connectivity index (χ1v) is 7.61. The quantitative estimate of drug-likeness (QED) is 0.729. The average Bonchev–Trinajstić information content (AvgIpc) is 3.02. The highest BCUT2D eigenvalue weighted by Gasteiger charge is 2.29. The van der Waals surface area contributed by atoms with Crippen molar-refractivity contribution >= 4 is 38.6 Å². The third-order valence-electron chi connectivity index (χ3n) is 3.16. The average molecular weight is 402 g/mol. The minimum Gasteiger partial charge on any atom is -0.307 e. The first-order chi connectivity index (χ1) is 11.3. The molecule has 24 heavy (non-hydrogen) atoms. The van der Waals surface area contributed by atoms with Crippen LogP contribution in [0.2, 0.25) is 0 Å². The largest absolute Gasteiger partial charge is 0.408 e. The van der Waals surface area contributed by atoms with E-state index in [1.807, 2.05) is 24.3 Å². The Bertz CT molecular complexity index is 886. The number of aromatic nitrogens is 4. The number of hydrogen-bond donors (Lipinski definition) is 1. The molecule has 0 saturated heterocycles. The number of hydrogen-bond acceptors (Lipinski definition) is 3. The summed E-state index contributed by atoms with van der Waals surface area (Å²) < 4.78 is 39.6. The number of alkyl halides is 3. The maximum absolute atomic E-state index is 12.4. The molecule has 2 aromatic heterocycles. The van der Waals surface area contributed by atoms with Crippen molar-refractivity contribution in [3.8, 4) is 0 Å². The molecule has 1 aromatic carbocycles. The van der Waals surface area contributed by atoms with Gasteiger partial charge in [-0.3, -0.25) is 14.2 Å². The lowest BCUT2D eigenvalue weighted by Crippen LogP contribution is -2.21. The van der Waals surface area contributed by atoms with Crippen LogP contribution in [0.4, 0.5) is 19.0 Å². The van der Waals surface area contributed by atoms with Gasteiger partial charge in [-0.15, -0.1) is 0 Å². The Morgan fingerprint density at radius 3 is 2.79 bits per heavy atom. The van der Waals surface area contributed by atoms with Gasteiger partial charge in [-0.2, -0.15) is 23.4 Å². The van der Waals surface area contributed by atoms with Crippen LogP contribution in [0.25, 0.3) is 10.9 Å². The fourth-order valence-electron chi connectivity index (χ4n) is 2.21. The molecule has 10 heteroatoms. The summed E-state index contributed by atoms with van der Waals surface area (Å²) in [6.45, 7) is -1.31. The molecule has 1 amide bonds. The smallest absolute Gasteiger partial charge is 0.307 e. The molecule has 2 heterocycles. The molecule has 0 saturated carbocycles. The molecule has 0 atom stereocenters. The molecule has 3 aromatic rings. The second-order valence-electron chi connectivity index (χ2n) is 5.05. The molecule has 0 bridgehead atoms. The van der Waals surface area contributed by atoms with E-state index in [0.29, 0.717) is 4.68 Å². The summed E-state index contributed by atoms with van der Waals surface area (Å²) >= 11 is 3.08. The van der Waals surface area contributed by atoms with E-state index in [4.69, 9.17) is 0 Å². The van der Waals surface area contributed by atoms with E-state index >= 15 is 0 Å². The number of halogens is 4. The van der Waals surface area contributed by atoms with Crippen LogP contribution in [0.15, 0.2) is 41.1 Å². The summed E-state index contributed by atoms with van der Waals surface area (Å²) in [6.07, 6.45) is -1.59. The van der Waals surface area contributed by atoms with Gasteiger partial charge in [-0.1, -0.05) is 18.2 Å². The van der Waals surface area contributed by atoms with Crippen LogP contribution in [0, 0.1) is 0 Å². The van der Waals surface area contributed by atoms with Crippen molar-refractivity contribution < 1.29 is 18.0 Å². The molecule has 0 fully saturated rings. The predicted molar refractivity (Wildman–Crippen MR) is 84.3 cm³/mol. The highest BCUT2D eigenvalue weighted by atomic mass is 79.9. The number of benzene rings is 1. The van der Waals surface area contributed by atoms with Crippen molar-refractivity contribution in [1.82, 2.24) is 19.6 Å². The van der Waals surface area contributed by atoms with Crippen molar-refractivity contribution in [1.29, 1.82) is 0 Å². The van der Waals surface area contributed by atoms with Gasteiger partial charge in [0.2, 0.25) is 5.91 Å². The van der Waals surface area contributed by atoms with E-state index in [1.54, 1.807) is 6.20 Å². The highest BCUT2D eigenvalue weighted by molar-refractivity contribution is 9.10. The predicted octanol–water partition coefficient (Wildman–Crippen LogP) is 3.20. The third-order valence-corrected chi connectivity index (χ3v) is 3.74. The minimum atomic E-state index is -4.39. The second-order valence-corrected chi connectivity index (χ2v) is 5.90. The van der Waals surface area contributed by atoms with Gasteiger partial charge in [0, 0.05) is 11.6 Å². The van der Waals surface area contributed by atoms with Crippen LogP contribution >= 0.6 is 15.9 Å². The Morgan fingerprint density at radius 1 is 1.29 bits per heavy atom. The Hall–Kier alpha value is -2.36. The van der Waals surface area contributed by atoms with E-state index in [9.17, 15) is 18.0 Å². The molecule has 0 unspecified atom stereocenters. The maximum Gasteiger partial charge on any atom is 0.408 e. The van der Waals surface area contributed by atoms with Crippen LogP contribution in [0.3, 0.4) is 0 Å². The minimum absolute atomic E-state index is 0.0284. The molecule has 6 nitrogen and oxygen atoms in total. The summed E-state index contributed by atoms with van der Waals surface area (Å²) in [5.41, 5.74) is 0.786. The van der Waals surface area contributed by atoms with Crippen LogP contribution in [-0.4, -0.2) is 31.6 Å². The van der Waals surface area contributed by atoms with E-state index in [1.165, 1.54) is 4.68 Å². The number of anilines is 1. The second kappa shape index (κ2) is 6.27. The molecule has 0 aliphatic carbocycles. The lowest BCUT2D eigenvalue weighted by atomic mass is 10.2. The van der Waals surface area contributed by atoms with E-state index in [0.717, 1.165) is 17.1 Å². The summed E-state index contributed by atoms with van der Waals surface area (Å²) in [7, 11) is 0. The molecule has 0 spiro atoms. The van der Waals surface area contributed by atoms with Gasteiger partial charge in [-0.25, -0.2) is 0 Å². The van der Waals surface area contributed by atoms with Crippen molar-refractivity contribution in [2.24, 2.45) is 0 Å². The first-order valence-electron chi connectivity index (χ1n) is 6.82. The van der Waals surface area contributed by atoms with Gasteiger partial charge in [0.25, 0.3) is 0 Å². The number of nitrogens with zero attached hydrogens (tertiary/aromatic N) is 4. The number of carbonyl (C=O) groups excluding carboxylic acids is 1. The Kier molecular flexibility index (Phi) is 4.31. The number of amides is 1. The van der Waals surface area contributed by atoms with Crippen LogP contribution < -0.4 is 5.32 Å². The highest BCUT2D eigenvalue weighted by Crippen LogP contribution is 2.23. The molecule has 1 N–H and O–H groups in total. The fourth-order valence-corrected chi connectivity index (χ4v) is 2.62. The molecule has 0 radical (unpaired) electrons. The monoisotopic (exact) mass is 401 g/mol. The van der Waals surface area contributed by atoms with Crippen LogP contribution in [-0.2, 0) is 17.9 Å². The Labute approximate surface area is 142 Å². The number of fused-ring (bicyclic) bond motifs is 1. The van der Waals surface area contributed by atoms with Gasteiger partial charge in [0.05, 0.1) is 16.2 Å². The number of nitrogens with one attached hydrogen (secondary N) is 1. The van der Waals surface area contributed by atoms with Crippen LogP contribution in [0.1, 0.15) is 0 Å². The van der Waals surface area contributed by atoms with Crippen LogP contribution in [0.5, 0.6) is 0 Å². The maximum atomic E-state index is 12.4. The number of rotatable bonds is 4. The summed E-state index contributed by atoms with van der Waals surface area (Å²) in [6, 6.07) is 7.38. The van der Waals surface area contributed by atoms with Gasteiger partial charge >= 0.3 is 6.18 Å². The first kappa shape index (κ1) is 16.5. The zero-order valence-electron chi connectivity index (χ0n) is 12.1. The SMILES string of the molecule is O=C(Cn1ncc2ccccc21)Nc1nn(CC(F)(F)F)cc1Br. The molecule has 126 valence electrons. The Morgan fingerprint density at radius 2 is 2.04 bits per heavy atom. The van der Waals surface area contributed by atoms with Gasteiger partial charge < -0.3 is 5.32 Å². The van der Waals surface area contributed by atoms with Crippen molar-refractivity contribution in [3.05, 3.63) is 41.1 Å². The summed E-state index contributed by atoms with van der Waals surface area (Å²) in [5.74, 6) is -0.414. The van der Waals surface area contributed by atoms with Crippen molar-refractivity contribution in [3.63, 3.8) is 0 Å². The zero-order chi connectivity index (χ0) is 17.3. The van der Waals surface area contributed by atoms with E-state index in [2.05, 4.69) is 31.4 Å². The third kappa shape index (κ3) is 3.75. The summed E-state index contributed by atoms with van der Waals surface area (Å²) in [5, 5.41) is 11.2. The molecule has 0 aliphatic rings. The van der Waals surface area contributed by atoms with Gasteiger partial charge in [0.15, 0.2) is 5.82 Å². The van der Waals surface area contributed by atoms with Crippen molar-refractivity contribution in [2.75, 3.05) is 5.32 Å². The Balaban J connectivity index is 1.71. The molecular weight excluding hydrogens is 391 g/mol. The fraction of sp³-hybridized carbons (Fsp3) is 0.214. The number of carbonyl (C=O) groups is 1. The van der Waals surface area contributed by atoms with E-state index < -0.39 is 18.6 Å². The zero-order valence-corrected chi connectivity index (χ0v) is 13.7. The van der Waals surface area contributed by atoms with Gasteiger partial charge in [-0.05, 0) is 22.0 Å². The molecule has 0 aliphatic heterocycles.